The second-order valence-electron chi connectivity index (χ2n) is 4.56. The van der Waals surface area contributed by atoms with Crippen molar-refractivity contribution in [1.29, 1.82) is 0 Å². The van der Waals surface area contributed by atoms with E-state index in [0.29, 0.717) is 19.3 Å². The minimum absolute atomic E-state index is 0.0945. The molecule has 1 saturated carbocycles. The van der Waals surface area contributed by atoms with Crippen LogP contribution in [0.4, 0.5) is 13.2 Å². The summed E-state index contributed by atoms with van der Waals surface area (Å²) in [5, 5.41) is 11.8. The molecule has 1 aliphatic rings. The lowest BCUT2D eigenvalue weighted by atomic mass is 9.85. The molecular formula is C11H18F3NO2. The summed E-state index contributed by atoms with van der Waals surface area (Å²) in [6.45, 7) is 1.74. The Morgan fingerprint density at radius 2 is 1.88 bits per heavy atom. The van der Waals surface area contributed by atoms with Crippen molar-refractivity contribution in [2.45, 2.75) is 57.3 Å². The molecular weight excluding hydrogens is 235 g/mol. The number of rotatable bonds is 4. The lowest BCUT2D eigenvalue weighted by Gasteiger charge is -2.31. The van der Waals surface area contributed by atoms with Crippen LogP contribution in [0.15, 0.2) is 0 Å². The number of alkyl halides is 3. The van der Waals surface area contributed by atoms with Gasteiger partial charge in [-0.2, -0.15) is 13.2 Å². The molecule has 1 fully saturated rings. The topological polar surface area (TPSA) is 49.3 Å². The number of hydrogen-bond acceptors (Lipinski definition) is 2. The number of carboxylic acid groups (broad SMARTS) is 1. The normalized spacial score (nSPS) is 27.8. The van der Waals surface area contributed by atoms with Gasteiger partial charge in [0, 0.05) is 6.04 Å². The Balaban J connectivity index is 2.39. The van der Waals surface area contributed by atoms with Crippen molar-refractivity contribution in [2.75, 3.05) is 0 Å². The van der Waals surface area contributed by atoms with Gasteiger partial charge < -0.3 is 10.4 Å². The van der Waals surface area contributed by atoms with E-state index in [0.717, 1.165) is 0 Å². The first kappa shape index (κ1) is 14.3. The third kappa shape index (κ3) is 4.18. The maximum Gasteiger partial charge on any atom is 0.391 e. The molecule has 1 atom stereocenters. The second kappa shape index (κ2) is 5.71. The van der Waals surface area contributed by atoms with Crippen molar-refractivity contribution < 1.29 is 23.1 Å². The van der Waals surface area contributed by atoms with Crippen LogP contribution >= 0.6 is 0 Å². The molecule has 0 amide bonds. The number of aliphatic carboxylic acids is 1. The Hall–Kier alpha value is -0.780. The van der Waals surface area contributed by atoms with Gasteiger partial charge in [-0.25, -0.2) is 0 Å². The van der Waals surface area contributed by atoms with E-state index < -0.39 is 24.1 Å². The zero-order valence-corrected chi connectivity index (χ0v) is 9.76. The van der Waals surface area contributed by atoms with Crippen molar-refractivity contribution in [3.8, 4) is 0 Å². The van der Waals surface area contributed by atoms with Crippen LogP contribution in [0.2, 0.25) is 0 Å². The average Bonchev–Trinajstić information content (AvgIpc) is 2.25. The molecule has 0 bridgehead atoms. The average molecular weight is 253 g/mol. The summed E-state index contributed by atoms with van der Waals surface area (Å²) in [5.74, 6) is -2.16. The minimum atomic E-state index is -4.11. The molecule has 2 N–H and O–H groups in total. The van der Waals surface area contributed by atoms with Gasteiger partial charge in [0.25, 0.3) is 0 Å². The third-order valence-electron chi connectivity index (χ3n) is 3.33. The predicted molar refractivity (Wildman–Crippen MR) is 56.7 cm³/mol. The molecule has 17 heavy (non-hydrogen) atoms. The zero-order valence-electron chi connectivity index (χ0n) is 9.76. The molecule has 0 aromatic heterocycles. The quantitative estimate of drug-likeness (QED) is 0.809. The Kier molecular flexibility index (Phi) is 4.80. The molecule has 1 rings (SSSR count). The number of hydrogen-bond donors (Lipinski definition) is 2. The fourth-order valence-corrected chi connectivity index (χ4v) is 2.24. The Morgan fingerprint density at radius 3 is 2.24 bits per heavy atom. The van der Waals surface area contributed by atoms with Gasteiger partial charge >= 0.3 is 12.1 Å². The SMILES string of the molecule is CCC(NC1CCC(C(F)(F)F)CC1)C(=O)O. The van der Waals surface area contributed by atoms with Crippen LogP contribution in [-0.4, -0.2) is 29.3 Å². The molecule has 0 aromatic carbocycles. The van der Waals surface area contributed by atoms with Crippen LogP contribution in [-0.2, 0) is 4.79 Å². The lowest BCUT2D eigenvalue weighted by Crippen LogP contribution is -2.45. The number of carbonyl (C=O) groups is 1. The highest BCUT2D eigenvalue weighted by molar-refractivity contribution is 5.73. The molecule has 0 aromatic rings. The number of halogens is 3. The second-order valence-corrected chi connectivity index (χ2v) is 4.56. The maximum absolute atomic E-state index is 12.4. The van der Waals surface area contributed by atoms with E-state index >= 15 is 0 Å². The largest absolute Gasteiger partial charge is 0.480 e. The monoisotopic (exact) mass is 253 g/mol. The van der Waals surface area contributed by atoms with Crippen LogP contribution in [0.25, 0.3) is 0 Å². The number of carboxylic acids is 1. The van der Waals surface area contributed by atoms with Gasteiger partial charge in [0.1, 0.15) is 6.04 Å². The standard InChI is InChI=1S/C11H18F3NO2/c1-2-9(10(16)17)15-8-5-3-7(4-6-8)11(12,13)14/h7-9,15H,2-6H2,1H3,(H,16,17). The first-order chi connectivity index (χ1) is 7.84. The van der Waals surface area contributed by atoms with E-state index in [2.05, 4.69) is 5.32 Å². The Bertz CT molecular complexity index is 260. The summed E-state index contributed by atoms with van der Waals surface area (Å²) in [5.41, 5.74) is 0. The van der Waals surface area contributed by atoms with E-state index in [1.165, 1.54) is 0 Å². The smallest absolute Gasteiger partial charge is 0.391 e. The van der Waals surface area contributed by atoms with Gasteiger partial charge in [-0.1, -0.05) is 6.92 Å². The fourth-order valence-electron chi connectivity index (χ4n) is 2.24. The van der Waals surface area contributed by atoms with Gasteiger partial charge in [0.05, 0.1) is 5.92 Å². The van der Waals surface area contributed by atoms with Crippen molar-refractivity contribution in [3.05, 3.63) is 0 Å². The van der Waals surface area contributed by atoms with Crippen molar-refractivity contribution in [3.63, 3.8) is 0 Å². The molecule has 1 aliphatic carbocycles. The van der Waals surface area contributed by atoms with Crippen molar-refractivity contribution in [1.82, 2.24) is 5.32 Å². The third-order valence-corrected chi connectivity index (χ3v) is 3.33. The molecule has 0 saturated heterocycles. The van der Waals surface area contributed by atoms with Crippen LogP contribution < -0.4 is 5.32 Å². The highest BCUT2D eigenvalue weighted by Gasteiger charge is 2.41. The minimum Gasteiger partial charge on any atom is -0.480 e. The van der Waals surface area contributed by atoms with E-state index in [1.807, 2.05) is 0 Å². The first-order valence-electron chi connectivity index (χ1n) is 5.90. The van der Waals surface area contributed by atoms with E-state index in [4.69, 9.17) is 5.11 Å². The van der Waals surface area contributed by atoms with Gasteiger partial charge in [-0.15, -0.1) is 0 Å². The molecule has 100 valence electrons. The van der Waals surface area contributed by atoms with Gasteiger partial charge in [0.2, 0.25) is 0 Å². The van der Waals surface area contributed by atoms with Gasteiger partial charge in [0.15, 0.2) is 0 Å². The van der Waals surface area contributed by atoms with E-state index in [9.17, 15) is 18.0 Å². The summed E-state index contributed by atoms with van der Waals surface area (Å²) >= 11 is 0. The molecule has 0 radical (unpaired) electrons. The van der Waals surface area contributed by atoms with Crippen molar-refractivity contribution in [2.24, 2.45) is 5.92 Å². The predicted octanol–water partition coefficient (Wildman–Crippen LogP) is 2.56. The summed E-state index contributed by atoms with van der Waals surface area (Å²) in [7, 11) is 0. The molecule has 0 heterocycles. The van der Waals surface area contributed by atoms with E-state index in [-0.39, 0.29) is 18.9 Å². The molecule has 3 nitrogen and oxygen atoms in total. The summed E-state index contributed by atoms with van der Waals surface area (Å²) in [4.78, 5) is 10.8. The van der Waals surface area contributed by atoms with Crippen LogP contribution in [0, 0.1) is 5.92 Å². The zero-order chi connectivity index (χ0) is 13.1. The summed E-state index contributed by atoms with van der Waals surface area (Å²) in [6, 6.07) is -0.753. The van der Waals surface area contributed by atoms with Crippen molar-refractivity contribution >= 4 is 5.97 Å². The summed E-state index contributed by atoms with van der Waals surface area (Å²) in [6.07, 6.45) is -2.69. The molecule has 0 spiro atoms. The fraction of sp³-hybridized carbons (Fsp3) is 0.909. The van der Waals surface area contributed by atoms with Crippen LogP contribution in [0.1, 0.15) is 39.0 Å². The van der Waals surface area contributed by atoms with Crippen LogP contribution in [0.3, 0.4) is 0 Å². The molecule has 0 aliphatic heterocycles. The highest BCUT2D eigenvalue weighted by atomic mass is 19.4. The van der Waals surface area contributed by atoms with Gasteiger partial charge in [-0.3, -0.25) is 4.79 Å². The summed E-state index contributed by atoms with van der Waals surface area (Å²) < 4.78 is 37.2. The lowest BCUT2D eigenvalue weighted by molar-refractivity contribution is -0.183. The Morgan fingerprint density at radius 1 is 1.35 bits per heavy atom. The maximum atomic E-state index is 12.4. The number of nitrogens with one attached hydrogen (secondary N) is 1. The van der Waals surface area contributed by atoms with Gasteiger partial charge in [-0.05, 0) is 32.1 Å². The molecule has 1 unspecified atom stereocenters. The van der Waals surface area contributed by atoms with E-state index in [1.54, 1.807) is 6.92 Å². The molecule has 6 heteroatoms. The first-order valence-corrected chi connectivity index (χ1v) is 5.90. The Labute approximate surface area is 98.4 Å². The van der Waals surface area contributed by atoms with Crippen LogP contribution in [0.5, 0.6) is 0 Å². The highest BCUT2D eigenvalue weighted by Crippen LogP contribution is 2.37.